The first-order valence-corrected chi connectivity index (χ1v) is 5.35. The number of halogens is 3. The number of carbonyl (C=O) groups excluding carboxylic acids is 2. The van der Waals surface area contributed by atoms with Gasteiger partial charge in [0.2, 0.25) is 0 Å². The van der Waals surface area contributed by atoms with Crippen LogP contribution in [0.25, 0.3) is 0 Å². The van der Waals surface area contributed by atoms with Crippen LogP contribution in [-0.2, 0) is 16.0 Å². The van der Waals surface area contributed by atoms with Crippen molar-refractivity contribution in [2.24, 2.45) is 0 Å². The summed E-state index contributed by atoms with van der Waals surface area (Å²) in [6.45, 7) is 1.81. The van der Waals surface area contributed by atoms with Crippen molar-refractivity contribution in [3.05, 3.63) is 29.3 Å². The van der Waals surface area contributed by atoms with Gasteiger partial charge in [-0.15, -0.1) is 13.2 Å². The predicted molar refractivity (Wildman–Crippen MR) is 58.8 cm³/mol. The molecule has 0 aliphatic heterocycles. The standard InChI is InChI=1S/C12H11F3O4/c1-2-18-11(17)6-8-3-4-10(5-9(8)7-16)19-12(13,14)15/h3-5,7H,2,6H2,1H3. The van der Waals surface area contributed by atoms with Gasteiger partial charge in [-0.25, -0.2) is 0 Å². The molecule has 0 radical (unpaired) electrons. The number of hydrogen-bond acceptors (Lipinski definition) is 4. The molecule has 19 heavy (non-hydrogen) atoms. The quantitative estimate of drug-likeness (QED) is 0.612. The summed E-state index contributed by atoms with van der Waals surface area (Å²) >= 11 is 0. The zero-order valence-corrected chi connectivity index (χ0v) is 9.99. The SMILES string of the molecule is CCOC(=O)Cc1ccc(OC(F)(F)F)cc1C=O. The third kappa shape index (κ3) is 4.99. The normalized spacial score (nSPS) is 10.9. The fraction of sp³-hybridized carbons (Fsp3) is 0.333. The van der Waals surface area contributed by atoms with Crippen molar-refractivity contribution in [3.63, 3.8) is 0 Å². The highest BCUT2D eigenvalue weighted by molar-refractivity contribution is 5.82. The van der Waals surface area contributed by atoms with E-state index in [1.807, 2.05) is 0 Å². The number of alkyl halides is 3. The van der Waals surface area contributed by atoms with Crippen molar-refractivity contribution >= 4 is 12.3 Å². The van der Waals surface area contributed by atoms with E-state index in [4.69, 9.17) is 4.74 Å². The van der Waals surface area contributed by atoms with Crippen LogP contribution in [0.1, 0.15) is 22.8 Å². The number of benzene rings is 1. The van der Waals surface area contributed by atoms with E-state index in [1.165, 1.54) is 6.07 Å². The van der Waals surface area contributed by atoms with Crippen LogP contribution in [0.3, 0.4) is 0 Å². The van der Waals surface area contributed by atoms with Gasteiger partial charge in [0.05, 0.1) is 13.0 Å². The molecule has 104 valence electrons. The number of aldehydes is 1. The highest BCUT2D eigenvalue weighted by atomic mass is 19.4. The second-order valence-electron chi connectivity index (χ2n) is 3.51. The molecule has 0 saturated carbocycles. The molecule has 0 heterocycles. The van der Waals surface area contributed by atoms with Crippen molar-refractivity contribution < 1.29 is 32.2 Å². The Bertz CT molecular complexity index is 469. The van der Waals surface area contributed by atoms with Crippen molar-refractivity contribution in [3.8, 4) is 5.75 Å². The summed E-state index contributed by atoms with van der Waals surface area (Å²) in [6, 6.07) is 3.19. The van der Waals surface area contributed by atoms with Crippen LogP contribution in [0, 0.1) is 0 Å². The molecular formula is C12H11F3O4. The van der Waals surface area contributed by atoms with Crippen molar-refractivity contribution in [1.82, 2.24) is 0 Å². The van der Waals surface area contributed by atoms with Crippen molar-refractivity contribution in [1.29, 1.82) is 0 Å². The third-order valence-corrected chi connectivity index (χ3v) is 2.12. The maximum atomic E-state index is 12.0. The van der Waals surface area contributed by atoms with Gasteiger partial charge in [-0.2, -0.15) is 0 Å². The first-order chi connectivity index (χ1) is 8.85. The van der Waals surface area contributed by atoms with Gasteiger partial charge >= 0.3 is 12.3 Å². The molecule has 0 unspecified atom stereocenters. The molecule has 1 rings (SSSR count). The van der Waals surface area contributed by atoms with Crippen LogP contribution in [0.2, 0.25) is 0 Å². The predicted octanol–water partition coefficient (Wildman–Crippen LogP) is 2.50. The van der Waals surface area contributed by atoms with E-state index in [2.05, 4.69) is 4.74 Å². The minimum atomic E-state index is -4.83. The highest BCUT2D eigenvalue weighted by Crippen LogP contribution is 2.24. The monoisotopic (exact) mass is 276 g/mol. The van der Waals surface area contributed by atoms with Crippen LogP contribution >= 0.6 is 0 Å². The Balaban J connectivity index is 2.90. The lowest BCUT2D eigenvalue weighted by atomic mass is 10.1. The van der Waals surface area contributed by atoms with E-state index < -0.39 is 18.1 Å². The largest absolute Gasteiger partial charge is 0.573 e. The molecule has 0 atom stereocenters. The summed E-state index contributed by atoms with van der Waals surface area (Å²) in [4.78, 5) is 22.0. The average molecular weight is 276 g/mol. The van der Waals surface area contributed by atoms with Crippen LogP contribution < -0.4 is 4.74 Å². The topological polar surface area (TPSA) is 52.6 Å². The Morgan fingerprint density at radius 2 is 2.05 bits per heavy atom. The van der Waals surface area contributed by atoms with Crippen LogP contribution in [0.5, 0.6) is 5.75 Å². The number of esters is 1. The van der Waals surface area contributed by atoms with E-state index in [0.29, 0.717) is 6.29 Å². The van der Waals surface area contributed by atoms with E-state index in [9.17, 15) is 22.8 Å². The first kappa shape index (κ1) is 15.0. The summed E-state index contributed by atoms with van der Waals surface area (Å²) in [5, 5.41) is 0. The van der Waals surface area contributed by atoms with Crippen LogP contribution in [-0.4, -0.2) is 25.2 Å². The molecule has 0 aliphatic carbocycles. The first-order valence-electron chi connectivity index (χ1n) is 5.35. The fourth-order valence-corrected chi connectivity index (χ4v) is 1.41. The number of carbonyl (C=O) groups is 2. The van der Waals surface area contributed by atoms with Gasteiger partial charge in [0.15, 0.2) is 0 Å². The van der Waals surface area contributed by atoms with Crippen molar-refractivity contribution in [2.45, 2.75) is 19.7 Å². The molecule has 1 aromatic rings. The molecule has 0 aliphatic rings. The maximum absolute atomic E-state index is 12.0. The summed E-state index contributed by atoms with van der Waals surface area (Å²) in [5.41, 5.74) is 0.234. The lowest BCUT2D eigenvalue weighted by molar-refractivity contribution is -0.274. The van der Waals surface area contributed by atoms with E-state index in [-0.39, 0.29) is 24.2 Å². The molecule has 0 N–H and O–H groups in total. The second kappa shape index (κ2) is 6.21. The Morgan fingerprint density at radius 3 is 2.58 bits per heavy atom. The van der Waals surface area contributed by atoms with Gasteiger partial charge < -0.3 is 9.47 Å². The zero-order valence-electron chi connectivity index (χ0n) is 9.99. The molecule has 0 saturated heterocycles. The summed E-state index contributed by atoms with van der Waals surface area (Å²) in [5.74, 6) is -1.07. The number of rotatable bonds is 5. The van der Waals surface area contributed by atoms with Gasteiger partial charge in [-0.1, -0.05) is 6.07 Å². The van der Waals surface area contributed by atoms with E-state index >= 15 is 0 Å². The van der Waals surface area contributed by atoms with Gasteiger partial charge in [0, 0.05) is 5.56 Å². The summed E-state index contributed by atoms with van der Waals surface area (Å²) < 4.78 is 44.4. The Hall–Kier alpha value is -2.05. The fourth-order valence-electron chi connectivity index (χ4n) is 1.41. The van der Waals surface area contributed by atoms with Crippen LogP contribution in [0.4, 0.5) is 13.2 Å². The van der Waals surface area contributed by atoms with Gasteiger partial charge in [-0.05, 0) is 24.6 Å². The molecule has 0 amide bonds. The Labute approximate surface area is 107 Å². The lowest BCUT2D eigenvalue weighted by Crippen LogP contribution is -2.17. The second-order valence-corrected chi connectivity index (χ2v) is 3.51. The van der Waals surface area contributed by atoms with Gasteiger partial charge in [0.1, 0.15) is 12.0 Å². The Morgan fingerprint density at radius 1 is 1.37 bits per heavy atom. The van der Waals surface area contributed by atoms with Gasteiger partial charge in [-0.3, -0.25) is 9.59 Å². The minimum absolute atomic E-state index is 0.0465. The summed E-state index contributed by atoms with van der Waals surface area (Å²) in [7, 11) is 0. The maximum Gasteiger partial charge on any atom is 0.573 e. The summed E-state index contributed by atoms with van der Waals surface area (Å²) in [6.07, 6.45) is -4.66. The molecule has 0 aromatic heterocycles. The molecule has 7 heteroatoms. The van der Waals surface area contributed by atoms with Crippen molar-refractivity contribution in [2.75, 3.05) is 6.61 Å². The lowest BCUT2D eigenvalue weighted by Gasteiger charge is -2.11. The van der Waals surface area contributed by atoms with Crippen LogP contribution in [0.15, 0.2) is 18.2 Å². The molecule has 0 bridgehead atoms. The Kier molecular flexibility index (Phi) is 4.91. The zero-order chi connectivity index (χ0) is 14.5. The minimum Gasteiger partial charge on any atom is -0.466 e. The highest BCUT2D eigenvalue weighted by Gasteiger charge is 2.31. The molecule has 4 nitrogen and oxygen atoms in total. The third-order valence-electron chi connectivity index (χ3n) is 2.12. The van der Waals surface area contributed by atoms with E-state index in [0.717, 1.165) is 12.1 Å². The van der Waals surface area contributed by atoms with E-state index in [1.54, 1.807) is 6.92 Å². The molecular weight excluding hydrogens is 265 g/mol. The molecule has 0 fully saturated rings. The molecule has 1 aromatic carbocycles. The average Bonchev–Trinajstić information content (AvgIpc) is 2.29. The smallest absolute Gasteiger partial charge is 0.466 e. The van der Waals surface area contributed by atoms with Gasteiger partial charge in [0.25, 0.3) is 0 Å². The number of ether oxygens (including phenoxy) is 2. The number of hydrogen-bond donors (Lipinski definition) is 0. The molecule has 0 spiro atoms.